The van der Waals surface area contributed by atoms with E-state index < -0.39 is 27.7 Å². The van der Waals surface area contributed by atoms with Crippen molar-refractivity contribution in [2.24, 2.45) is 0 Å². The van der Waals surface area contributed by atoms with E-state index in [4.69, 9.17) is 0 Å². The van der Waals surface area contributed by atoms with E-state index in [1.807, 2.05) is 6.07 Å². The fourth-order valence-electron chi connectivity index (χ4n) is 3.05. The predicted octanol–water partition coefficient (Wildman–Crippen LogP) is 3.59. The van der Waals surface area contributed by atoms with Gasteiger partial charge in [-0.2, -0.15) is 0 Å². The van der Waals surface area contributed by atoms with Gasteiger partial charge < -0.3 is 0 Å². The molecule has 0 spiro atoms. The number of hydrogen-bond donors (Lipinski definition) is 3. The van der Waals surface area contributed by atoms with Gasteiger partial charge in [0.25, 0.3) is 11.8 Å². The van der Waals surface area contributed by atoms with Gasteiger partial charge in [-0.15, -0.1) is 11.3 Å². The minimum atomic E-state index is -3.86. The molecule has 0 atom stereocenters. The Balaban J connectivity index is 1.41. The number of sulfonamides is 1. The summed E-state index contributed by atoms with van der Waals surface area (Å²) in [7, 11) is -3.86. The van der Waals surface area contributed by atoms with Crippen LogP contribution >= 0.6 is 11.3 Å². The Morgan fingerprint density at radius 2 is 1.58 bits per heavy atom. The third-order valence-electron chi connectivity index (χ3n) is 4.74. The van der Waals surface area contributed by atoms with Gasteiger partial charge in [0.2, 0.25) is 10.0 Å². The summed E-state index contributed by atoms with van der Waals surface area (Å²) < 4.78 is 42.1. The lowest BCUT2D eigenvalue weighted by molar-refractivity contribution is 0.0849. The van der Waals surface area contributed by atoms with E-state index in [9.17, 15) is 22.4 Å². The molecule has 4 aromatic rings. The van der Waals surface area contributed by atoms with Crippen LogP contribution < -0.4 is 15.6 Å². The molecule has 3 N–H and O–H groups in total. The Labute approximate surface area is 193 Å². The average Bonchev–Trinajstić information content (AvgIpc) is 3.28. The first-order valence-electron chi connectivity index (χ1n) is 9.76. The highest BCUT2D eigenvalue weighted by Gasteiger charge is 2.17. The van der Waals surface area contributed by atoms with Crippen LogP contribution in [-0.4, -0.2) is 20.2 Å². The maximum Gasteiger partial charge on any atom is 0.279 e. The second-order valence-electron chi connectivity index (χ2n) is 7.01. The van der Waals surface area contributed by atoms with Crippen molar-refractivity contribution in [1.29, 1.82) is 0 Å². The number of thiophene rings is 1. The van der Waals surface area contributed by atoms with Crippen LogP contribution in [-0.2, 0) is 16.6 Å². The normalized spacial score (nSPS) is 11.3. The van der Waals surface area contributed by atoms with Crippen molar-refractivity contribution < 1.29 is 22.4 Å². The highest BCUT2D eigenvalue weighted by atomic mass is 32.2. The number of benzene rings is 3. The van der Waals surface area contributed by atoms with E-state index in [1.54, 1.807) is 36.4 Å². The second-order valence-corrected chi connectivity index (χ2v) is 9.86. The van der Waals surface area contributed by atoms with Crippen LogP contribution in [0.5, 0.6) is 0 Å². The Morgan fingerprint density at radius 3 is 2.33 bits per heavy atom. The minimum Gasteiger partial charge on any atom is -0.267 e. The molecular weight excluding hydrogens is 465 g/mol. The molecule has 2 amide bonds. The molecule has 0 aliphatic heterocycles. The van der Waals surface area contributed by atoms with Crippen molar-refractivity contribution >= 4 is 43.3 Å². The predicted molar refractivity (Wildman–Crippen MR) is 124 cm³/mol. The Bertz CT molecular complexity index is 1440. The number of fused-ring (bicyclic) bond motifs is 1. The summed E-state index contributed by atoms with van der Waals surface area (Å²) in [5, 5.41) is 0.319. The van der Waals surface area contributed by atoms with Crippen molar-refractivity contribution in [1.82, 2.24) is 15.6 Å². The third-order valence-corrected chi connectivity index (χ3v) is 7.24. The van der Waals surface area contributed by atoms with Crippen LogP contribution in [0.4, 0.5) is 4.39 Å². The number of carbonyl (C=O) groups excluding carboxylic acids is 2. The summed E-state index contributed by atoms with van der Waals surface area (Å²) in [4.78, 5) is 25.0. The maximum atomic E-state index is 13.8. The lowest BCUT2D eigenvalue weighted by Crippen LogP contribution is -2.41. The zero-order valence-electron chi connectivity index (χ0n) is 17.0. The van der Waals surface area contributed by atoms with Gasteiger partial charge in [-0.1, -0.05) is 42.5 Å². The van der Waals surface area contributed by atoms with Crippen molar-refractivity contribution in [3.63, 3.8) is 0 Å². The topological polar surface area (TPSA) is 104 Å². The van der Waals surface area contributed by atoms with Crippen LogP contribution in [0.1, 0.15) is 25.6 Å². The first kappa shape index (κ1) is 22.6. The first-order valence-corrected chi connectivity index (χ1v) is 12.1. The highest BCUT2D eigenvalue weighted by Crippen LogP contribution is 2.27. The molecule has 7 nitrogen and oxygen atoms in total. The van der Waals surface area contributed by atoms with Gasteiger partial charge in [0.15, 0.2) is 0 Å². The fourth-order valence-corrected chi connectivity index (χ4v) is 5.08. The van der Waals surface area contributed by atoms with E-state index in [1.165, 1.54) is 36.4 Å². The molecular formula is C23H18FN3O4S2. The van der Waals surface area contributed by atoms with Gasteiger partial charge in [-0.05, 0) is 42.0 Å². The van der Waals surface area contributed by atoms with E-state index in [0.29, 0.717) is 10.1 Å². The molecule has 3 aromatic carbocycles. The molecule has 0 unspecified atom stereocenters. The molecule has 0 aliphatic rings. The summed E-state index contributed by atoms with van der Waals surface area (Å²) in [6, 6.07) is 20.4. The van der Waals surface area contributed by atoms with Crippen LogP contribution in [0.15, 0.2) is 83.8 Å². The number of carbonyl (C=O) groups is 2. The van der Waals surface area contributed by atoms with Gasteiger partial charge in [-0.25, -0.2) is 17.5 Å². The summed E-state index contributed by atoms with van der Waals surface area (Å²) in [6.45, 7) is 0.103. The quantitative estimate of drug-likeness (QED) is 0.365. The van der Waals surface area contributed by atoms with E-state index >= 15 is 0 Å². The number of rotatable bonds is 6. The van der Waals surface area contributed by atoms with Crippen LogP contribution in [0.25, 0.3) is 10.1 Å². The van der Waals surface area contributed by atoms with Crippen LogP contribution in [0.3, 0.4) is 0 Å². The summed E-state index contributed by atoms with van der Waals surface area (Å²) in [5.74, 6) is -1.75. The lowest BCUT2D eigenvalue weighted by Gasteiger charge is -2.09. The monoisotopic (exact) mass is 483 g/mol. The molecule has 1 aromatic heterocycles. The minimum absolute atomic E-state index is 0.0419. The number of halogens is 1. The maximum absolute atomic E-state index is 13.8. The zero-order valence-corrected chi connectivity index (χ0v) is 18.7. The number of nitrogens with one attached hydrogen (secondary N) is 3. The molecule has 33 heavy (non-hydrogen) atoms. The Morgan fingerprint density at radius 1 is 0.848 bits per heavy atom. The lowest BCUT2D eigenvalue weighted by atomic mass is 10.2. The molecule has 10 heteroatoms. The zero-order chi connectivity index (χ0) is 23.4. The smallest absolute Gasteiger partial charge is 0.267 e. The molecule has 0 aliphatic carbocycles. The number of hydrazine groups is 1. The van der Waals surface area contributed by atoms with Crippen LogP contribution in [0.2, 0.25) is 0 Å². The molecule has 4 rings (SSSR count). The molecule has 0 saturated carbocycles. The van der Waals surface area contributed by atoms with Crippen molar-refractivity contribution in [3.05, 3.63) is 101 Å². The van der Waals surface area contributed by atoms with Crippen LogP contribution in [0, 0.1) is 5.82 Å². The van der Waals surface area contributed by atoms with Gasteiger partial charge >= 0.3 is 0 Å². The van der Waals surface area contributed by atoms with Gasteiger partial charge in [0, 0.05) is 22.2 Å². The van der Waals surface area contributed by atoms with Crippen molar-refractivity contribution in [2.75, 3.05) is 0 Å². The molecule has 0 bridgehead atoms. The highest BCUT2D eigenvalue weighted by molar-refractivity contribution is 7.89. The summed E-state index contributed by atoms with van der Waals surface area (Å²) in [6.07, 6.45) is 0. The second kappa shape index (κ2) is 9.49. The SMILES string of the molecule is O=C(NNC(=O)c1cc2c(F)cccc2s1)c1cccc(S(=O)(=O)NCc2ccccc2)c1. The summed E-state index contributed by atoms with van der Waals surface area (Å²) in [5.41, 5.74) is 5.35. The molecule has 0 radical (unpaired) electrons. The summed E-state index contributed by atoms with van der Waals surface area (Å²) >= 11 is 1.09. The van der Waals surface area contributed by atoms with E-state index in [0.717, 1.165) is 16.9 Å². The Kier molecular flexibility index (Phi) is 6.50. The van der Waals surface area contributed by atoms with E-state index in [-0.39, 0.29) is 21.9 Å². The Hall–Kier alpha value is -3.60. The molecule has 0 fully saturated rings. The number of hydrogen-bond acceptors (Lipinski definition) is 5. The van der Waals surface area contributed by atoms with Gasteiger partial charge in [0.1, 0.15) is 5.82 Å². The molecule has 168 valence electrons. The first-order chi connectivity index (χ1) is 15.8. The third kappa shape index (κ3) is 5.25. The fraction of sp³-hybridized carbons (Fsp3) is 0.0435. The van der Waals surface area contributed by atoms with E-state index in [2.05, 4.69) is 15.6 Å². The van der Waals surface area contributed by atoms with Crippen molar-refractivity contribution in [2.45, 2.75) is 11.4 Å². The molecule has 0 saturated heterocycles. The van der Waals surface area contributed by atoms with Gasteiger partial charge in [0.05, 0.1) is 9.77 Å². The number of amides is 2. The van der Waals surface area contributed by atoms with Gasteiger partial charge in [-0.3, -0.25) is 20.4 Å². The largest absolute Gasteiger partial charge is 0.279 e. The standard InChI is InChI=1S/C23H18FN3O4S2/c24-19-10-5-11-20-18(19)13-21(32-20)23(29)27-26-22(28)16-8-4-9-17(12-16)33(30,31)25-14-15-6-2-1-3-7-15/h1-13,25H,14H2,(H,26,28)(H,27,29). The molecule has 1 heterocycles. The average molecular weight is 484 g/mol. The van der Waals surface area contributed by atoms with Crippen molar-refractivity contribution in [3.8, 4) is 0 Å².